The number of aliphatic imine (C=N–C) groups is 1. The van der Waals surface area contributed by atoms with E-state index in [9.17, 15) is 10.1 Å². The standard InChI is InChI=1S/C19H21N3O2/c1-12-9-14-11-19(3,4)21-18(17(14)10-13(12)2)20-15-5-7-16(8-6-15)22(23)24/h5-10H,11H2,1-4H3,(H,20,21). The van der Waals surface area contributed by atoms with E-state index < -0.39 is 4.92 Å². The summed E-state index contributed by atoms with van der Waals surface area (Å²) < 4.78 is 0. The number of hydrogen-bond acceptors (Lipinski definition) is 4. The van der Waals surface area contributed by atoms with Gasteiger partial charge in [0.2, 0.25) is 0 Å². The van der Waals surface area contributed by atoms with E-state index in [2.05, 4.69) is 45.1 Å². The maximum absolute atomic E-state index is 10.8. The lowest BCUT2D eigenvalue weighted by molar-refractivity contribution is -0.384. The average molecular weight is 323 g/mol. The second-order valence-electron chi connectivity index (χ2n) is 6.97. The second-order valence-corrected chi connectivity index (χ2v) is 6.97. The molecule has 0 aliphatic carbocycles. The highest BCUT2D eigenvalue weighted by Gasteiger charge is 2.27. The van der Waals surface area contributed by atoms with Crippen molar-refractivity contribution in [1.82, 2.24) is 0 Å². The highest BCUT2D eigenvalue weighted by atomic mass is 16.6. The molecular formula is C19H21N3O2. The zero-order chi connectivity index (χ0) is 17.5. The summed E-state index contributed by atoms with van der Waals surface area (Å²) in [5, 5.41) is 14.1. The molecule has 2 aromatic rings. The summed E-state index contributed by atoms with van der Waals surface area (Å²) in [7, 11) is 0. The Kier molecular flexibility index (Phi) is 3.87. The van der Waals surface area contributed by atoms with Crippen molar-refractivity contribution in [3.05, 3.63) is 68.8 Å². The quantitative estimate of drug-likeness (QED) is 0.657. The number of amidine groups is 1. The molecule has 5 nitrogen and oxygen atoms in total. The molecular weight excluding hydrogens is 302 g/mol. The summed E-state index contributed by atoms with van der Waals surface area (Å²) in [6.45, 7) is 8.45. The van der Waals surface area contributed by atoms with Gasteiger partial charge in [0.25, 0.3) is 5.69 Å². The Morgan fingerprint density at radius 3 is 2.38 bits per heavy atom. The van der Waals surface area contributed by atoms with Gasteiger partial charge in [0.05, 0.1) is 10.5 Å². The number of anilines is 1. The van der Waals surface area contributed by atoms with E-state index in [0.717, 1.165) is 23.5 Å². The summed E-state index contributed by atoms with van der Waals surface area (Å²) in [6.07, 6.45) is 0.898. The van der Waals surface area contributed by atoms with Crippen molar-refractivity contribution in [2.24, 2.45) is 4.99 Å². The third-order valence-electron chi connectivity index (χ3n) is 4.35. The van der Waals surface area contributed by atoms with Crippen LogP contribution in [0.1, 0.15) is 36.1 Å². The number of nitro groups is 1. The van der Waals surface area contributed by atoms with Crippen molar-refractivity contribution in [3.63, 3.8) is 0 Å². The Morgan fingerprint density at radius 1 is 1.12 bits per heavy atom. The maximum Gasteiger partial charge on any atom is 0.269 e. The third-order valence-corrected chi connectivity index (χ3v) is 4.35. The van der Waals surface area contributed by atoms with Crippen molar-refractivity contribution in [2.45, 2.75) is 39.7 Å². The van der Waals surface area contributed by atoms with Crippen LogP contribution in [-0.2, 0) is 6.42 Å². The molecule has 0 amide bonds. The second kappa shape index (κ2) is 5.74. The first-order valence-corrected chi connectivity index (χ1v) is 7.97. The van der Waals surface area contributed by atoms with Gasteiger partial charge < -0.3 is 5.32 Å². The summed E-state index contributed by atoms with van der Waals surface area (Å²) >= 11 is 0. The van der Waals surface area contributed by atoms with Crippen molar-refractivity contribution >= 4 is 17.2 Å². The molecule has 1 heterocycles. The van der Waals surface area contributed by atoms with Gasteiger partial charge in [-0.25, -0.2) is 0 Å². The zero-order valence-electron chi connectivity index (χ0n) is 14.4. The van der Waals surface area contributed by atoms with Crippen LogP contribution >= 0.6 is 0 Å². The molecule has 0 spiro atoms. The summed E-state index contributed by atoms with van der Waals surface area (Å²) in [4.78, 5) is 15.2. The lowest BCUT2D eigenvalue weighted by atomic mass is 9.86. The fourth-order valence-corrected chi connectivity index (χ4v) is 3.01. The highest BCUT2D eigenvalue weighted by Crippen LogP contribution is 2.29. The number of hydrogen-bond donors (Lipinski definition) is 1. The van der Waals surface area contributed by atoms with Gasteiger partial charge in [-0.1, -0.05) is 6.07 Å². The number of nitrogens with zero attached hydrogens (tertiary/aromatic N) is 2. The maximum atomic E-state index is 10.8. The topological polar surface area (TPSA) is 67.5 Å². The van der Waals surface area contributed by atoms with Crippen LogP contribution in [0.2, 0.25) is 0 Å². The smallest absolute Gasteiger partial charge is 0.269 e. The fraction of sp³-hybridized carbons (Fsp3) is 0.316. The molecule has 0 unspecified atom stereocenters. The number of aryl methyl sites for hydroxylation is 2. The minimum Gasteiger partial charge on any atom is -0.340 e. The Hall–Kier alpha value is -2.69. The molecule has 0 radical (unpaired) electrons. The Labute approximate surface area is 141 Å². The van der Waals surface area contributed by atoms with Gasteiger partial charge in [0, 0.05) is 23.4 Å². The first-order valence-electron chi connectivity index (χ1n) is 7.97. The normalized spacial score (nSPS) is 15.4. The van der Waals surface area contributed by atoms with Crippen LogP contribution in [0.4, 0.5) is 11.4 Å². The molecule has 0 atom stereocenters. The minimum absolute atomic E-state index is 0.0818. The molecule has 124 valence electrons. The van der Waals surface area contributed by atoms with Crippen LogP contribution in [-0.4, -0.2) is 16.3 Å². The molecule has 3 rings (SSSR count). The summed E-state index contributed by atoms with van der Waals surface area (Å²) in [5.41, 5.74) is 5.59. The predicted octanol–water partition coefficient (Wildman–Crippen LogP) is 4.41. The number of nitro benzene ring substituents is 1. The number of nitrogens with one attached hydrogen (secondary N) is 1. The lowest BCUT2D eigenvalue weighted by Gasteiger charge is -2.30. The molecule has 1 aliphatic heterocycles. The Morgan fingerprint density at radius 2 is 1.75 bits per heavy atom. The Bertz CT molecular complexity index is 836. The number of non-ortho nitro benzene ring substituents is 1. The van der Waals surface area contributed by atoms with E-state index in [4.69, 9.17) is 4.99 Å². The summed E-state index contributed by atoms with van der Waals surface area (Å²) in [6, 6.07) is 10.8. The molecule has 24 heavy (non-hydrogen) atoms. The van der Waals surface area contributed by atoms with Gasteiger partial charge in [0.15, 0.2) is 0 Å². The van der Waals surface area contributed by atoms with E-state index in [-0.39, 0.29) is 11.2 Å². The van der Waals surface area contributed by atoms with Crippen LogP contribution in [0.5, 0.6) is 0 Å². The lowest BCUT2D eigenvalue weighted by Crippen LogP contribution is -2.32. The molecule has 0 fully saturated rings. The van der Waals surface area contributed by atoms with Gasteiger partial charge in [-0.2, -0.15) is 0 Å². The average Bonchev–Trinajstić information content (AvgIpc) is 2.49. The molecule has 1 N–H and O–H groups in total. The SMILES string of the molecule is Cc1cc2c(cc1C)C(Nc1ccc([N+](=O)[O-])cc1)=NC(C)(C)C2. The number of fused-ring (bicyclic) bond motifs is 1. The summed E-state index contributed by atoms with van der Waals surface area (Å²) in [5.74, 6) is 0.818. The van der Waals surface area contributed by atoms with Gasteiger partial charge in [0.1, 0.15) is 5.84 Å². The van der Waals surface area contributed by atoms with Crippen LogP contribution in [0.15, 0.2) is 41.4 Å². The zero-order valence-corrected chi connectivity index (χ0v) is 14.4. The fourth-order valence-electron chi connectivity index (χ4n) is 3.01. The third kappa shape index (κ3) is 3.15. The van der Waals surface area contributed by atoms with Gasteiger partial charge in [-0.15, -0.1) is 0 Å². The molecule has 0 saturated heterocycles. The van der Waals surface area contributed by atoms with Crippen LogP contribution in [0, 0.1) is 24.0 Å². The van der Waals surface area contributed by atoms with Crippen LogP contribution in [0.3, 0.4) is 0 Å². The number of rotatable bonds is 2. The van der Waals surface area contributed by atoms with Gasteiger partial charge in [-0.3, -0.25) is 15.1 Å². The molecule has 0 aromatic heterocycles. The van der Waals surface area contributed by atoms with Gasteiger partial charge >= 0.3 is 0 Å². The highest BCUT2D eigenvalue weighted by molar-refractivity contribution is 6.10. The van der Waals surface area contributed by atoms with E-state index in [0.29, 0.717) is 0 Å². The molecule has 2 aromatic carbocycles. The van der Waals surface area contributed by atoms with E-state index in [1.54, 1.807) is 12.1 Å². The van der Waals surface area contributed by atoms with Crippen molar-refractivity contribution in [2.75, 3.05) is 5.32 Å². The van der Waals surface area contributed by atoms with Gasteiger partial charge in [-0.05, 0) is 69.0 Å². The first-order chi connectivity index (χ1) is 11.2. The minimum atomic E-state index is -0.396. The van der Waals surface area contributed by atoms with E-state index in [1.807, 2.05) is 0 Å². The largest absolute Gasteiger partial charge is 0.340 e. The predicted molar refractivity (Wildman–Crippen MR) is 97.0 cm³/mol. The number of benzene rings is 2. The molecule has 1 aliphatic rings. The molecule has 0 bridgehead atoms. The van der Waals surface area contributed by atoms with Crippen LogP contribution < -0.4 is 5.32 Å². The Balaban J connectivity index is 1.98. The van der Waals surface area contributed by atoms with Crippen LogP contribution in [0.25, 0.3) is 0 Å². The first kappa shape index (κ1) is 16.2. The van der Waals surface area contributed by atoms with Crippen molar-refractivity contribution in [3.8, 4) is 0 Å². The van der Waals surface area contributed by atoms with E-state index in [1.165, 1.54) is 28.8 Å². The molecule has 0 saturated carbocycles. The van der Waals surface area contributed by atoms with Crippen molar-refractivity contribution < 1.29 is 4.92 Å². The van der Waals surface area contributed by atoms with E-state index >= 15 is 0 Å². The molecule has 5 heteroatoms. The monoisotopic (exact) mass is 323 g/mol. The van der Waals surface area contributed by atoms with Crippen molar-refractivity contribution in [1.29, 1.82) is 0 Å².